The highest BCUT2D eigenvalue weighted by atomic mass is 79.9. The highest BCUT2D eigenvalue weighted by molar-refractivity contribution is 9.08. The SMILES string of the molecule is Cn1nnc(COc2ccc(CBr)cc2)n1. The van der Waals surface area contributed by atoms with Crippen LogP contribution in [0.5, 0.6) is 5.75 Å². The number of aryl methyl sites for hydroxylation is 1. The van der Waals surface area contributed by atoms with E-state index in [0.717, 1.165) is 11.1 Å². The summed E-state index contributed by atoms with van der Waals surface area (Å²) in [5.41, 5.74) is 1.21. The van der Waals surface area contributed by atoms with Crippen LogP contribution < -0.4 is 4.74 Å². The Morgan fingerprint density at radius 2 is 2.06 bits per heavy atom. The zero-order valence-corrected chi connectivity index (χ0v) is 10.4. The molecule has 5 nitrogen and oxygen atoms in total. The van der Waals surface area contributed by atoms with Gasteiger partial charge in [0.2, 0.25) is 5.82 Å². The number of hydrogen-bond acceptors (Lipinski definition) is 4. The Morgan fingerprint density at radius 3 is 2.62 bits per heavy atom. The van der Waals surface area contributed by atoms with Crippen LogP contribution >= 0.6 is 15.9 Å². The molecular formula is C10H11BrN4O. The van der Waals surface area contributed by atoms with Crippen molar-refractivity contribution in [3.63, 3.8) is 0 Å². The lowest BCUT2D eigenvalue weighted by Gasteiger charge is -2.03. The fourth-order valence-corrected chi connectivity index (χ4v) is 1.58. The molecule has 0 saturated heterocycles. The van der Waals surface area contributed by atoms with E-state index in [9.17, 15) is 0 Å². The van der Waals surface area contributed by atoms with E-state index in [1.54, 1.807) is 7.05 Å². The molecule has 0 saturated carbocycles. The van der Waals surface area contributed by atoms with E-state index in [0.29, 0.717) is 12.4 Å². The average Bonchev–Trinajstić information content (AvgIpc) is 2.73. The fourth-order valence-electron chi connectivity index (χ4n) is 1.20. The molecule has 0 aliphatic rings. The number of rotatable bonds is 4. The Hall–Kier alpha value is -1.43. The van der Waals surface area contributed by atoms with E-state index in [1.807, 2.05) is 24.3 Å². The van der Waals surface area contributed by atoms with Gasteiger partial charge in [-0.15, -0.1) is 10.2 Å². The normalized spacial score (nSPS) is 10.4. The zero-order chi connectivity index (χ0) is 11.4. The lowest BCUT2D eigenvalue weighted by molar-refractivity contribution is 0.295. The third-order valence-electron chi connectivity index (χ3n) is 2.00. The summed E-state index contributed by atoms with van der Waals surface area (Å²) in [7, 11) is 1.72. The first-order valence-corrected chi connectivity index (χ1v) is 5.90. The smallest absolute Gasteiger partial charge is 0.212 e. The molecule has 0 radical (unpaired) electrons. The summed E-state index contributed by atoms with van der Waals surface area (Å²) >= 11 is 3.39. The van der Waals surface area contributed by atoms with Crippen molar-refractivity contribution in [3.8, 4) is 5.75 Å². The van der Waals surface area contributed by atoms with Gasteiger partial charge in [-0.2, -0.15) is 4.80 Å². The van der Waals surface area contributed by atoms with E-state index < -0.39 is 0 Å². The average molecular weight is 283 g/mol. The van der Waals surface area contributed by atoms with Crippen LogP contribution in [-0.4, -0.2) is 20.2 Å². The van der Waals surface area contributed by atoms with Gasteiger partial charge in [-0.05, 0) is 22.9 Å². The van der Waals surface area contributed by atoms with Gasteiger partial charge in [-0.25, -0.2) is 0 Å². The van der Waals surface area contributed by atoms with Crippen LogP contribution in [0.3, 0.4) is 0 Å². The molecule has 1 aromatic carbocycles. The van der Waals surface area contributed by atoms with Crippen molar-refractivity contribution in [1.82, 2.24) is 20.2 Å². The van der Waals surface area contributed by atoms with E-state index in [-0.39, 0.29) is 0 Å². The molecule has 0 aliphatic carbocycles. The number of benzene rings is 1. The fraction of sp³-hybridized carbons (Fsp3) is 0.300. The minimum Gasteiger partial charge on any atom is -0.485 e. The summed E-state index contributed by atoms with van der Waals surface area (Å²) in [5.74, 6) is 1.38. The van der Waals surface area contributed by atoms with Crippen molar-refractivity contribution in [2.24, 2.45) is 7.05 Å². The Bertz CT molecular complexity index is 454. The summed E-state index contributed by atoms with van der Waals surface area (Å²) in [6.07, 6.45) is 0. The maximum Gasteiger partial charge on any atom is 0.212 e. The summed E-state index contributed by atoms with van der Waals surface area (Å²) in [6, 6.07) is 7.86. The van der Waals surface area contributed by atoms with Gasteiger partial charge in [0, 0.05) is 5.33 Å². The summed E-state index contributed by atoms with van der Waals surface area (Å²) < 4.78 is 5.51. The van der Waals surface area contributed by atoms with Crippen molar-refractivity contribution < 1.29 is 4.74 Å². The molecule has 0 atom stereocenters. The van der Waals surface area contributed by atoms with Crippen LogP contribution in [0, 0.1) is 0 Å². The topological polar surface area (TPSA) is 52.8 Å². The highest BCUT2D eigenvalue weighted by Gasteiger charge is 2.01. The first kappa shape index (κ1) is 11.1. The lowest BCUT2D eigenvalue weighted by Crippen LogP contribution is -1.99. The number of halogens is 1. The van der Waals surface area contributed by atoms with Crippen LogP contribution in [0.1, 0.15) is 11.4 Å². The third kappa shape index (κ3) is 2.79. The van der Waals surface area contributed by atoms with Gasteiger partial charge >= 0.3 is 0 Å². The van der Waals surface area contributed by atoms with E-state index >= 15 is 0 Å². The Labute approximate surface area is 102 Å². The summed E-state index contributed by atoms with van der Waals surface area (Å²) in [5, 5.41) is 12.4. The molecule has 0 fully saturated rings. The second kappa shape index (κ2) is 5.07. The molecule has 0 N–H and O–H groups in total. The molecule has 1 aromatic heterocycles. The van der Waals surface area contributed by atoms with E-state index in [2.05, 4.69) is 31.3 Å². The van der Waals surface area contributed by atoms with E-state index in [4.69, 9.17) is 4.74 Å². The molecule has 2 rings (SSSR count). The highest BCUT2D eigenvalue weighted by Crippen LogP contribution is 2.14. The molecule has 84 valence electrons. The monoisotopic (exact) mass is 282 g/mol. The van der Waals surface area contributed by atoms with E-state index in [1.165, 1.54) is 10.4 Å². The molecule has 0 bridgehead atoms. The number of tetrazole rings is 1. The van der Waals surface area contributed by atoms with Gasteiger partial charge in [0.05, 0.1) is 7.05 Å². The lowest BCUT2D eigenvalue weighted by atomic mass is 10.2. The largest absolute Gasteiger partial charge is 0.485 e. The quantitative estimate of drug-likeness (QED) is 0.801. The number of ether oxygens (including phenoxy) is 1. The van der Waals surface area contributed by atoms with Crippen LogP contribution in [0.4, 0.5) is 0 Å². The van der Waals surface area contributed by atoms with Gasteiger partial charge in [-0.1, -0.05) is 28.1 Å². The molecule has 0 amide bonds. The summed E-state index contributed by atoms with van der Waals surface area (Å²) in [6.45, 7) is 0.335. The Balaban J connectivity index is 1.94. The zero-order valence-electron chi connectivity index (χ0n) is 8.80. The number of alkyl halides is 1. The van der Waals surface area contributed by atoms with Gasteiger partial charge < -0.3 is 4.74 Å². The minimum atomic E-state index is 0.335. The minimum absolute atomic E-state index is 0.335. The molecule has 0 spiro atoms. The van der Waals surface area contributed by atoms with Crippen molar-refractivity contribution in [2.75, 3.05) is 0 Å². The summed E-state index contributed by atoms with van der Waals surface area (Å²) in [4.78, 5) is 1.41. The van der Waals surface area contributed by atoms with Gasteiger partial charge in [0.25, 0.3) is 0 Å². The third-order valence-corrected chi connectivity index (χ3v) is 2.64. The van der Waals surface area contributed by atoms with Crippen LogP contribution in [0.15, 0.2) is 24.3 Å². The predicted octanol–water partition coefficient (Wildman–Crippen LogP) is 1.68. The van der Waals surface area contributed by atoms with Crippen LogP contribution in [0.2, 0.25) is 0 Å². The van der Waals surface area contributed by atoms with Gasteiger partial charge in [0.15, 0.2) is 6.61 Å². The number of hydrogen-bond donors (Lipinski definition) is 0. The van der Waals surface area contributed by atoms with Gasteiger partial charge in [0.1, 0.15) is 5.75 Å². The second-order valence-electron chi connectivity index (χ2n) is 3.26. The Morgan fingerprint density at radius 1 is 1.31 bits per heavy atom. The molecule has 16 heavy (non-hydrogen) atoms. The van der Waals surface area contributed by atoms with Crippen LogP contribution in [0.25, 0.3) is 0 Å². The molecule has 1 heterocycles. The number of nitrogens with zero attached hydrogens (tertiary/aromatic N) is 4. The van der Waals surface area contributed by atoms with Gasteiger partial charge in [-0.3, -0.25) is 0 Å². The molecule has 0 aliphatic heterocycles. The maximum atomic E-state index is 5.51. The number of aromatic nitrogens is 4. The predicted molar refractivity (Wildman–Crippen MR) is 62.2 cm³/mol. The molecule has 0 unspecified atom stereocenters. The van der Waals surface area contributed by atoms with Crippen molar-refractivity contribution in [3.05, 3.63) is 35.7 Å². The second-order valence-corrected chi connectivity index (χ2v) is 3.82. The molecule has 6 heteroatoms. The first-order chi connectivity index (χ1) is 7.78. The maximum absolute atomic E-state index is 5.51. The molecular weight excluding hydrogens is 272 g/mol. The van der Waals surface area contributed by atoms with Crippen LogP contribution in [-0.2, 0) is 19.0 Å². The Kier molecular flexibility index (Phi) is 3.51. The first-order valence-electron chi connectivity index (χ1n) is 4.78. The molecule has 2 aromatic rings. The van der Waals surface area contributed by atoms with Crippen molar-refractivity contribution >= 4 is 15.9 Å². The van der Waals surface area contributed by atoms with Crippen molar-refractivity contribution in [2.45, 2.75) is 11.9 Å². The van der Waals surface area contributed by atoms with Crippen molar-refractivity contribution in [1.29, 1.82) is 0 Å². The standard InChI is InChI=1S/C10H11BrN4O/c1-15-13-10(12-14-15)7-16-9-4-2-8(6-11)3-5-9/h2-5H,6-7H2,1H3.